The molecule has 2 rings (SSSR count). The Bertz CT molecular complexity index is 370. The molecule has 15 heavy (non-hydrogen) atoms. The van der Waals surface area contributed by atoms with Crippen LogP contribution in [0.25, 0.3) is 0 Å². The molecule has 1 N–H and O–H groups in total. The summed E-state index contributed by atoms with van der Waals surface area (Å²) >= 11 is 0. The Labute approximate surface area is 90.0 Å². The average Bonchev–Trinajstić information content (AvgIpc) is 2.71. The van der Waals surface area contributed by atoms with Crippen LogP contribution in [0.1, 0.15) is 30.1 Å². The van der Waals surface area contributed by atoms with Crippen molar-refractivity contribution in [2.45, 2.75) is 25.8 Å². The summed E-state index contributed by atoms with van der Waals surface area (Å²) in [6.07, 6.45) is 6.58. The minimum Gasteiger partial charge on any atom is -0.382 e. The van der Waals surface area contributed by atoms with E-state index in [1.807, 2.05) is 24.3 Å². The number of anilines is 1. The van der Waals surface area contributed by atoms with Crippen molar-refractivity contribution in [3.05, 3.63) is 42.0 Å². The molecule has 0 aromatic heterocycles. The number of carbonyl (C=O) groups excluding carboxylic acids is 1. The van der Waals surface area contributed by atoms with E-state index in [1.54, 1.807) is 6.92 Å². The highest BCUT2D eigenvalue weighted by Gasteiger charge is 2.09. The molecule has 0 heterocycles. The van der Waals surface area contributed by atoms with Crippen molar-refractivity contribution in [1.29, 1.82) is 0 Å². The smallest absolute Gasteiger partial charge is 0.159 e. The van der Waals surface area contributed by atoms with Crippen molar-refractivity contribution in [2.75, 3.05) is 5.32 Å². The summed E-state index contributed by atoms with van der Waals surface area (Å²) in [5, 5.41) is 3.43. The Morgan fingerprint density at radius 2 is 1.80 bits per heavy atom. The van der Waals surface area contributed by atoms with Gasteiger partial charge in [-0.15, -0.1) is 0 Å². The molecule has 78 valence electrons. The lowest BCUT2D eigenvalue weighted by Gasteiger charge is -2.13. The SMILES string of the molecule is CC(=O)c1ccc(NC2CC=CC2)cc1. The van der Waals surface area contributed by atoms with Crippen LogP contribution in [0.4, 0.5) is 5.69 Å². The van der Waals surface area contributed by atoms with Crippen LogP contribution in [0.2, 0.25) is 0 Å². The first-order valence-corrected chi connectivity index (χ1v) is 5.28. The molecule has 0 aliphatic heterocycles. The number of hydrogen-bond donors (Lipinski definition) is 1. The van der Waals surface area contributed by atoms with Crippen LogP contribution in [0.15, 0.2) is 36.4 Å². The fourth-order valence-electron chi connectivity index (χ4n) is 1.77. The summed E-state index contributed by atoms with van der Waals surface area (Å²) in [7, 11) is 0. The summed E-state index contributed by atoms with van der Waals surface area (Å²) in [5.41, 5.74) is 1.86. The minimum atomic E-state index is 0.115. The molecule has 0 radical (unpaired) electrons. The molecule has 0 atom stereocenters. The van der Waals surface area contributed by atoms with Crippen molar-refractivity contribution in [1.82, 2.24) is 0 Å². The molecule has 1 aliphatic carbocycles. The lowest BCUT2D eigenvalue weighted by molar-refractivity contribution is 0.101. The van der Waals surface area contributed by atoms with Crippen LogP contribution in [-0.4, -0.2) is 11.8 Å². The minimum absolute atomic E-state index is 0.115. The summed E-state index contributed by atoms with van der Waals surface area (Å²) in [5.74, 6) is 0.115. The second-order valence-corrected chi connectivity index (χ2v) is 3.92. The van der Waals surface area contributed by atoms with Crippen molar-refractivity contribution in [2.24, 2.45) is 0 Å². The molecular formula is C13H15NO. The lowest BCUT2D eigenvalue weighted by atomic mass is 10.1. The van der Waals surface area contributed by atoms with Gasteiger partial charge in [0.25, 0.3) is 0 Å². The van der Waals surface area contributed by atoms with E-state index in [0.29, 0.717) is 6.04 Å². The number of Topliss-reactive ketones (excluding diaryl/α,β-unsaturated/α-hetero) is 1. The Kier molecular flexibility index (Phi) is 2.86. The largest absolute Gasteiger partial charge is 0.382 e. The van der Waals surface area contributed by atoms with Gasteiger partial charge in [-0.3, -0.25) is 4.79 Å². The van der Waals surface area contributed by atoms with Gasteiger partial charge in [-0.05, 0) is 44.0 Å². The first-order valence-electron chi connectivity index (χ1n) is 5.28. The molecule has 0 saturated carbocycles. The standard InChI is InChI=1S/C13H15NO/c1-10(15)11-6-8-13(9-7-11)14-12-4-2-3-5-12/h2-3,6-9,12,14H,4-5H2,1H3. The highest BCUT2D eigenvalue weighted by molar-refractivity contribution is 5.94. The molecule has 1 aromatic rings. The fourth-order valence-corrected chi connectivity index (χ4v) is 1.77. The number of rotatable bonds is 3. The number of nitrogens with one attached hydrogen (secondary N) is 1. The van der Waals surface area contributed by atoms with Gasteiger partial charge < -0.3 is 5.32 Å². The zero-order valence-electron chi connectivity index (χ0n) is 8.86. The predicted octanol–water partition coefficient (Wildman–Crippen LogP) is 3.02. The average molecular weight is 201 g/mol. The van der Waals surface area contributed by atoms with E-state index in [4.69, 9.17) is 0 Å². The lowest BCUT2D eigenvalue weighted by Crippen LogP contribution is -2.14. The molecule has 0 bridgehead atoms. The summed E-state index contributed by atoms with van der Waals surface area (Å²) in [6, 6.07) is 8.19. The first-order chi connectivity index (χ1) is 7.25. The van der Waals surface area contributed by atoms with Crippen LogP contribution in [0.5, 0.6) is 0 Å². The Balaban J connectivity index is 2.00. The zero-order chi connectivity index (χ0) is 10.7. The zero-order valence-corrected chi connectivity index (χ0v) is 8.86. The second-order valence-electron chi connectivity index (χ2n) is 3.92. The van der Waals surface area contributed by atoms with Crippen molar-refractivity contribution in [3.8, 4) is 0 Å². The fraction of sp³-hybridized carbons (Fsp3) is 0.308. The molecule has 0 amide bonds. The maximum Gasteiger partial charge on any atom is 0.159 e. The Hall–Kier alpha value is -1.57. The maximum atomic E-state index is 11.1. The number of hydrogen-bond acceptors (Lipinski definition) is 2. The van der Waals surface area contributed by atoms with Crippen molar-refractivity contribution < 1.29 is 4.79 Å². The molecule has 0 fully saturated rings. The van der Waals surface area contributed by atoms with Crippen molar-refractivity contribution >= 4 is 11.5 Å². The van der Waals surface area contributed by atoms with Gasteiger partial charge in [-0.2, -0.15) is 0 Å². The molecular weight excluding hydrogens is 186 g/mol. The van der Waals surface area contributed by atoms with Gasteiger partial charge in [-0.25, -0.2) is 0 Å². The van der Waals surface area contributed by atoms with Gasteiger partial charge in [0.15, 0.2) is 5.78 Å². The molecule has 1 aromatic carbocycles. The molecule has 1 aliphatic rings. The quantitative estimate of drug-likeness (QED) is 0.601. The van der Waals surface area contributed by atoms with Gasteiger partial charge in [-0.1, -0.05) is 12.2 Å². The molecule has 2 heteroatoms. The molecule has 2 nitrogen and oxygen atoms in total. The van der Waals surface area contributed by atoms with E-state index in [0.717, 1.165) is 24.1 Å². The monoisotopic (exact) mass is 201 g/mol. The van der Waals surface area contributed by atoms with E-state index in [-0.39, 0.29) is 5.78 Å². The summed E-state index contributed by atoms with van der Waals surface area (Å²) in [4.78, 5) is 11.1. The van der Waals surface area contributed by atoms with Crippen LogP contribution in [0.3, 0.4) is 0 Å². The van der Waals surface area contributed by atoms with Gasteiger partial charge in [0.1, 0.15) is 0 Å². The molecule has 0 saturated heterocycles. The molecule has 0 unspecified atom stereocenters. The van der Waals surface area contributed by atoms with Gasteiger partial charge >= 0.3 is 0 Å². The number of carbonyl (C=O) groups is 1. The van der Waals surface area contributed by atoms with Crippen LogP contribution in [-0.2, 0) is 0 Å². The third-order valence-corrected chi connectivity index (χ3v) is 2.67. The van der Waals surface area contributed by atoms with Crippen molar-refractivity contribution in [3.63, 3.8) is 0 Å². The van der Waals surface area contributed by atoms with E-state index < -0.39 is 0 Å². The summed E-state index contributed by atoms with van der Waals surface area (Å²) in [6.45, 7) is 1.59. The third kappa shape index (κ3) is 2.46. The van der Waals surface area contributed by atoms with Crippen LogP contribution in [0, 0.1) is 0 Å². The highest BCUT2D eigenvalue weighted by Crippen LogP contribution is 2.17. The van der Waals surface area contributed by atoms with E-state index in [9.17, 15) is 4.79 Å². The highest BCUT2D eigenvalue weighted by atomic mass is 16.1. The Morgan fingerprint density at radius 1 is 1.20 bits per heavy atom. The van der Waals surface area contributed by atoms with Gasteiger partial charge in [0.05, 0.1) is 0 Å². The number of benzene rings is 1. The van der Waals surface area contributed by atoms with Crippen LogP contribution < -0.4 is 5.32 Å². The Morgan fingerprint density at radius 3 is 2.33 bits per heavy atom. The third-order valence-electron chi connectivity index (χ3n) is 2.67. The van der Waals surface area contributed by atoms with Crippen LogP contribution >= 0.6 is 0 Å². The second kappa shape index (κ2) is 4.30. The number of ketones is 1. The van der Waals surface area contributed by atoms with Gasteiger partial charge in [0, 0.05) is 17.3 Å². The maximum absolute atomic E-state index is 11.1. The topological polar surface area (TPSA) is 29.1 Å². The van der Waals surface area contributed by atoms with E-state index in [1.165, 1.54) is 0 Å². The van der Waals surface area contributed by atoms with Gasteiger partial charge in [0.2, 0.25) is 0 Å². The summed E-state index contributed by atoms with van der Waals surface area (Å²) < 4.78 is 0. The van der Waals surface area contributed by atoms with E-state index in [2.05, 4.69) is 17.5 Å². The molecule has 0 spiro atoms. The predicted molar refractivity (Wildman–Crippen MR) is 62.2 cm³/mol. The normalized spacial score (nSPS) is 15.5. The van der Waals surface area contributed by atoms with E-state index >= 15 is 0 Å². The first kappa shape index (κ1) is 9.97.